The lowest BCUT2D eigenvalue weighted by molar-refractivity contribution is -0.192. The van der Waals surface area contributed by atoms with E-state index in [0.29, 0.717) is 56.0 Å². The second-order valence-corrected chi connectivity index (χ2v) is 11.9. The maximum atomic E-state index is 13.8. The summed E-state index contributed by atoms with van der Waals surface area (Å²) in [5.74, 6) is -2.96. The summed E-state index contributed by atoms with van der Waals surface area (Å²) in [6.07, 6.45) is 1.48. The van der Waals surface area contributed by atoms with Crippen molar-refractivity contribution in [2.24, 2.45) is 5.73 Å². The third kappa shape index (κ3) is 9.14. The number of carboxylic acids is 1. The molecule has 1 aliphatic rings. The summed E-state index contributed by atoms with van der Waals surface area (Å²) >= 11 is 0. The number of carbonyl (C=O) groups is 3. The molecule has 6 rings (SSSR count). The lowest BCUT2D eigenvalue weighted by Gasteiger charge is -2.17. The Balaban J connectivity index is 0.000000679. The third-order valence-electron chi connectivity index (χ3n) is 8.11. The summed E-state index contributed by atoms with van der Waals surface area (Å²) < 4.78 is 33.2. The van der Waals surface area contributed by atoms with Crippen molar-refractivity contribution >= 4 is 34.5 Å². The van der Waals surface area contributed by atoms with Gasteiger partial charge in [-0.3, -0.25) is 19.6 Å². The highest BCUT2D eigenvalue weighted by Gasteiger charge is 2.38. The molecule has 5 aromatic rings. The Kier molecular flexibility index (Phi) is 11.6. The Morgan fingerprint density at radius 1 is 0.962 bits per heavy atom. The second-order valence-electron chi connectivity index (χ2n) is 11.9. The molecule has 0 fully saturated rings. The Hall–Kier alpha value is -6.16. The van der Waals surface area contributed by atoms with Crippen LogP contribution in [0.25, 0.3) is 33.3 Å². The zero-order valence-electron chi connectivity index (χ0n) is 27.9. The monoisotopic (exact) mass is 716 g/mol. The van der Waals surface area contributed by atoms with Crippen LogP contribution >= 0.6 is 0 Å². The quantitative estimate of drug-likeness (QED) is 0.153. The predicted octanol–water partition coefficient (Wildman–Crippen LogP) is 4.95. The first kappa shape index (κ1) is 37.1. The number of hydrogen-bond donors (Lipinski definition) is 4. The van der Waals surface area contributed by atoms with Crippen LogP contribution in [0.2, 0.25) is 0 Å². The molecular formula is C36H35F3N8O5. The molecular weight excluding hydrogens is 681 g/mol. The van der Waals surface area contributed by atoms with Crippen LogP contribution in [-0.2, 0) is 29.2 Å². The van der Waals surface area contributed by atoms with E-state index in [2.05, 4.69) is 20.6 Å². The van der Waals surface area contributed by atoms with Gasteiger partial charge in [-0.05, 0) is 72.9 Å². The number of nitrogens with two attached hydrogens (primary N) is 1. The number of carboxylic acid groups (broad SMARTS) is 1. The summed E-state index contributed by atoms with van der Waals surface area (Å²) in [5.41, 5.74) is 11.7. The molecule has 0 saturated carbocycles. The number of rotatable bonds is 9. The Morgan fingerprint density at radius 2 is 1.69 bits per heavy atom. The molecule has 1 unspecified atom stereocenters. The molecule has 3 amide bonds. The van der Waals surface area contributed by atoms with E-state index >= 15 is 0 Å². The number of anilines is 1. The number of pyridine rings is 2. The number of aryl methyl sites for hydroxylation is 1. The summed E-state index contributed by atoms with van der Waals surface area (Å²) in [5, 5.41) is 18.5. The molecule has 0 spiro atoms. The van der Waals surface area contributed by atoms with Gasteiger partial charge in [0.15, 0.2) is 0 Å². The third-order valence-corrected chi connectivity index (χ3v) is 8.11. The highest BCUT2D eigenvalue weighted by molar-refractivity contribution is 5.95. The number of halogens is 3. The Morgan fingerprint density at radius 3 is 2.38 bits per heavy atom. The molecule has 5 N–H and O–H groups in total. The van der Waals surface area contributed by atoms with Gasteiger partial charge in [0.05, 0.1) is 22.8 Å². The molecule has 1 aliphatic heterocycles. The number of carbonyl (C=O) groups excluding carboxylic acids is 2. The summed E-state index contributed by atoms with van der Waals surface area (Å²) in [7, 11) is 0. The van der Waals surface area contributed by atoms with Gasteiger partial charge in [0, 0.05) is 61.4 Å². The number of nitrogens with zero attached hydrogens (tertiary/aromatic N) is 5. The fraction of sp³-hybridized carbons (Fsp3) is 0.250. The number of alkyl halides is 3. The van der Waals surface area contributed by atoms with Gasteiger partial charge in [-0.2, -0.15) is 18.3 Å². The Labute approximate surface area is 295 Å². The number of fused-ring (bicyclic) bond motifs is 2. The van der Waals surface area contributed by atoms with Crippen LogP contribution in [0.3, 0.4) is 0 Å². The lowest BCUT2D eigenvalue weighted by atomic mass is 10.00. The topological polar surface area (TPSA) is 185 Å². The first-order valence-electron chi connectivity index (χ1n) is 16.2. The van der Waals surface area contributed by atoms with E-state index < -0.39 is 18.2 Å². The van der Waals surface area contributed by atoms with E-state index in [1.807, 2.05) is 66.7 Å². The summed E-state index contributed by atoms with van der Waals surface area (Å²) in [6, 6.07) is 20.0. The minimum atomic E-state index is -5.08. The number of hydrogen-bond acceptors (Lipinski definition) is 8. The molecule has 4 heterocycles. The van der Waals surface area contributed by atoms with Crippen LogP contribution in [0.15, 0.2) is 90.1 Å². The van der Waals surface area contributed by atoms with E-state index in [0.717, 1.165) is 33.2 Å². The van der Waals surface area contributed by atoms with Crippen LogP contribution in [0, 0.1) is 0 Å². The van der Waals surface area contributed by atoms with Gasteiger partial charge in [0.25, 0.3) is 5.56 Å². The molecule has 0 radical (unpaired) electrons. The fourth-order valence-corrected chi connectivity index (χ4v) is 5.41. The van der Waals surface area contributed by atoms with Crippen molar-refractivity contribution in [2.75, 3.05) is 11.9 Å². The summed E-state index contributed by atoms with van der Waals surface area (Å²) in [4.78, 5) is 57.8. The van der Waals surface area contributed by atoms with Crippen molar-refractivity contribution < 1.29 is 32.7 Å². The van der Waals surface area contributed by atoms with Crippen LogP contribution in [-0.4, -0.2) is 66.4 Å². The first-order chi connectivity index (χ1) is 24.8. The van der Waals surface area contributed by atoms with E-state index in [9.17, 15) is 27.6 Å². The van der Waals surface area contributed by atoms with Gasteiger partial charge >= 0.3 is 18.2 Å². The van der Waals surface area contributed by atoms with Crippen LogP contribution in [0.1, 0.15) is 30.9 Å². The first-order valence-corrected chi connectivity index (χ1v) is 16.2. The van der Waals surface area contributed by atoms with Crippen molar-refractivity contribution in [1.82, 2.24) is 30.0 Å². The standard InChI is InChI=1S/C34H34N8O3.C2HF3O2/c1-22(35)32(43)38-14-2-3-17-42-33(44)29(27-6-4-8-30-28(27)7-5-15-37-30)18-31(40-42)23-9-11-26(12-10-23)39-34(45)41-20-24-13-16-36-19-25(24)21-41;3-2(4,5)1(6)7/h4-13,15-16,18-19,22H,2-3,14,17,20-21,35H2,1H3,(H,38,43)(H,39,45);(H,6,7). The van der Waals surface area contributed by atoms with Gasteiger partial charge in [-0.1, -0.05) is 30.3 Å². The van der Waals surface area contributed by atoms with Crippen molar-refractivity contribution in [3.63, 3.8) is 0 Å². The maximum absolute atomic E-state index is 13.8. The second kappa shape index (κ2) is 16.2. The zero-order valence-corrected chi connectivity index (χ0v) is 27.9. The SMILES string of the molecule is CC(N)C(=O)NCCCCn1nc(-c2ccc(NC(=O)N3Cc4ccncc4C3)cc2)cc(-c2cccc3ncccc23)c1=O.O=C(O)C(F)(F)F. The Bertz CT molecular complexity index is 2110. The van der Waals surface area contributed by atoms with E-state index in [4.69, 9.17) is 20.7 Å². The van der Waals surface area contributed by atoms with Gasteiger partial charge in [-0.15, -0.1) is 0 Å². The largest absolute Gasteiger partial charge is 0.490 e. The number of nitrogens with one attached hydrogen (secondary N) is 2. The van der Waals surface area contributed by atoms with Crippen LogP contribution in [0.5, 0.6) is 0 Å². The molecule has 0 saturated heterocycles. The number of benzene rings is 2. The maximum Gasteiger partial charge on any atom is 0.490 e. The number of amides is 3. The van der Waals surface area contributed by atoms with Gasteiger partial charge in [0.2, 0.25) is 5.91 Å². The molecule has 1 atom stereocenters. The molecule has 270 valence electrons. The molecule has 16 heteroatoms. The van der Waals surface area contributed by atoms with Gasteiger partial charge in [-0.25, -0.2) is 14.3 Å². The van der Waals surface area contributed by atoms with E-state index in [-0.39, 0.29) is 17.5 Å². The van der Waals surface area contributed by atoms with Crippen LogP contribution in [0.4, 0.5) is 23.7 Å². The lowest BCUT2D eigenvalue weighted by Crippen LogP contribution is -2.38. The zero-order chi connectivity index (χ0) is 37.4. The molecule has 0 aliphatic carbocycles. The average Bonchev–Trinajstić information content (AvgIpc) is 3.57. The number of aromatic nitrogens is 4. The predicted molar refractivity (Wildman–Crippen MR) is 187 cm³/mol. The fourth-order valence-electron chi connectivity index (χ4n) is 5.41. The van der Waals surface area contributed by atoms with Crippen molar-refractivity contribution in [2.45, 2.75) is 51.6 Å². The number of urea groups is 1. The number of aliphatic carboxylic acids is 1. The van der Waals surface area contributed by atoms with Crippen molar-refractivity contribution in [1.29, 1.82) is 0 Å². The molecule has 13 nitrogen and oxygen atoms in total. The minimum Gasteiger partial charge on any atom is -0.475 e. The highest BCUT2D eigenvalue weighted by Crippen LogP contribution is 2.29. The minimum absolute atomic E-state index is 0.186. The molecule has 3 aromatic heterocycles. The van der Waals surface area contributed by atoms with Crippen molar-refractivity contribution in [3.05, 3.63) is 107 Å². The van der Waals surface area contributed by atoms with E-state index in [1.165, 1.54) is 4.68 Å². The number of unbranched alkanes of at least 4 members (excludes halogenated alkanes) is 1. The van der Waals surface area contributed by atoms with Crippen LogP contribution < -0.4 is 21.9 Å². The van der Waals surface area contributed by atoms with Gasteiger partial charge in [0.1, 0.15) is 0 Å². The van der Waals surface area contributed by atoms with Crippen molar-refractivity contribution in [3.8, 4) is 22.4 Å². The molecule has 2 aromatic carbocycles. The highest BCUT2D eigenvalue weighted by atomic mass is 19.4. The average molecular weight is 717 g/mol. The van der Waals surface area contributed by atoms with Gasteiger partial charge < -0.3 is 26.4 Å². The molecule has 0 bridgehead atoms. The summed E-state index contributed by atoms with van der Waals surface area (Å²) in [6.45, 7) is 3.53. The normalized spacial score (nSPS) is 12.8. The smallest absolute Gasteiger partial charge is 0.475 e. The molecule has 52 heavy (non-hydrogen) atoms. The van der Waals surface area contributed by atoms with E-state index in [1.54, 1.807) is 30.4 Å².